The number of hydrogen-bond donors (Lipinski definition) is 1. The number of piperidine rings is 1. The van der Waals surface area contributed by atoms with Gasteiger partial charge < -0.3 is 15.4 Å². The summed E-state index contributed by atoms with van der Waals surface area (Å²) in [7, 11) is 1.20. The van der Waals surface area contributed by atoms with Crippen molar-refractivity contribution in [2.45, 2.75) is 18.9 Å². The first-order chi connectivity index (χ1) is 6.15. The highest BCUT2D eigenvalue weighted by atomic mass is 16.5. The van der Waals surface area contributed by atoms with Gasteiger partial charge in [-0.25, -0.2) is 4.79 Å². The number of nitrogens with zero attached hydrogens (tertiary/aromatic N) is 1. The second kappa shape index (κ2) is 4.23. The van der Waals surface area contributed by atoms with Crippen molar-refractivity contribution < 1.29 is 14.3 Å². The highest BCUT2D eigenvalue weighted by molar-refractivity contribution is 6.32. The molecule has 0 saturated carbocycles. The van der Waals surface area contributed by atoms with Gasteiger partial charge in [0.25, 0.3) is 0 Å². The Hall–Kier alpha value is -1.10. The highest BCUT2D eigenvalue weighted by Crippen LogP contribution is 2.08. The summed E-state index contributed by atoms with van der Waals surface area (Å²) in [4.78, 5) is 23.6. The van der Waals surface area contributed by atoms with E-state index in [1.807, 2.05) is 0 Å². The zero-order chi connectivity index (χ0) is 9.84. The van der Waals surface area contributed by atoms with Crippen molar-refractivity contribution >= 4 is 11.9 Å². The lowest BCUT2D eigenvalue weighted by Crippen LogP contribution is -2.48. The predicted octanol–water partition coefficient (Wildman–Crippen LogP) is -0.891. The number of likely N-dealkylation sites (tertiary alicyclic amines) is 1. The fourth-order valence-electron chi connectivity index (χ4n) is 1.41. The van der Waals surface area contributed by atoms with Crippen LogP contribution in [0.5, 0.6) is 0 Å². The van der Waals surface area contributed by atoms with Gasteiger partial charge in [-0.15, -0.1) is 0 Å². The minimum atomic E-state index is -0.811. The van der Waals surface area contributed by atoms with E-state index in [-0.39, 0.29) is 6.04 Å². The van der Waals surface area contributed by atoms with Gasteiger partial charge in [-0.2, -0.15) is 0 Å². The van der Waals surface area contributed by atoms with Gasteiger partial charge in [-0.3, -0.25) is 4.79 Å². The fourth-order valence-corrected chi connectivity index (χ4v) is 1.41. The molecule has 0 aromatic rings. The van der Waals surface area contributed by atoms with Gasteiger partial charge in [0.15, 0.2) is 0 Å². The molecule has 5 heteroatoms. The lowest BCUT2D eigenvalue weighted by molar-refractivity contribution is -0.158. The molecule has 1 amide bonds. The molecule has 5 nitrogen and oxygen atoms in total. The Kier molecular flexibility index (Phi) is 3.25. The first-order valence-electron chi connectivity index (χ1n) is 4.28. The normalized spacial score (nSPS) is 22.6. The fraction of sp³-hybridized carbons (Fsp3) is 0.750. The standard InChI is InChI=1S/C8H14N2O3/c1-13-8(12)7(11)10-4-2-3-6(9)5-10/h6H,2-5,9H2,1H3/t6-/m1/s1. The van der Waals surface area contributed by atoms with E-state index in [0.717, 1.165) is 12.8 Å². The first kappa shape index (κ1) is 9.98. The van der Waals surface area contributed by atoms with Crippen molar-refractivity contribution in [3.63, 3.8) is 0 Å². The molecule has 1 rings (SSSR count). The first-order valence-corrected chi connectivity index (χ1v) is 4.28. The number of rotatable bonds is 0. The average molecular weight is 186 g/mol. The average Bonchev–Trinajstić information content (AvgIpc) is 2.15. The molecule has 0 unspecified atom stereocenters. The van der Waals surface area contributed by atoms with Crippen LogP contribution in [-0.4, -0.2) is 43.0 Å². The summed E-state index contributed by atoms with van der Waals surface area (Å²) < 4.78 is 4.33. The number of esters is 1. The summed E-state index contributed by atoms with van der Waals surface area (Å²) >= 11 is 0. The van der Waals surface area contributed by atoms with Crippen LogP contribution >= 0.6 is 0 Å². The number of nitrogens with two attached hydrogens (primary N) is 1. The van der Waals surface area contributed by atoms with Crippen LogP contribution in [-0.2, 0) is 14.3 Å². The van der Waals surface area contributed by atoms with Gasteiger partial charge in [0.05, 0.1) is 7.11 Å². The summed E-state index contributed by atoms with van der Waals surface area (Å²) in [5.41, 5.74) is 5.66. The Morgan fingerprint density at radius 3 is 2.77 bits per heavy atom. The molecule has 0 spiro atoms. The molecule has 0 aromatic heterocycles. The zero-order valence-electron chi connectivity index (χ0n) is 7.66. The van der Waals surface area contributed by atoms with Crippen LogP contribution < -0.4 is 5.73 Å². The molecule has 1 aliphatic rings. The smallest absolute Gasteiger partial charge is 0.396 e. The third kappa shape index (κ3) is 2.42. The van der Waals surface area contributed by atoms with Crippen LogP contribution in [0.15, 0.2) is 0 Å². The number of carbonyl (C=O) groups is 2. The van der Waals surface area contributed by atoms with Gasteiger partial charge in [0.2, 0.25) is 0 Å². The number of hydrogen-bond acceptors (Lipinski definition) is 4. The van der Waals surface area contributed by atoms with E-state index in [1.54, 1.807) is 0 Å². The van der Waals surface area contributed by atoms with E-state index in [1.165, 1.54) is 12.0 Å². The summed E-state index contributed by atoms with van der Waals surface area (Å²) in [5, 5.41) is 0. The molecule has 0 radical (unpaired) electrons. The Bertz CT molecular complexity index is 217. The summed E-state index contributed by atoms with van der Waals surface area (Å²) in [6.45, 7) is 1.05. The molecule has 13 heavy (non-hydrogen) atoms. The Labute approximate surface area is 76.8 Å². The van der Waals surface area contributed by atoms with Crippen molar-refractivity contribution in [2.75, 3.05) is 20.2 Å². The van der Waals surface area contributed by atoms with Gasteiger partial charge in [-0.1, -0.05) is 0 Å². The molecular formula is C8H14N2O3. The van der Waals surface area contributed by atoms with Crippen LogP contribution in [0.1, 0.15) is 12.8 Å². The topological polar surface area (TPSA) is 72.6 Å². The van der Waals surface area contributed by atoms with Crippen molar-refractivity contribution in [1.29, 1.82) is 0 Å². The summed E-state index contributed by atoms with van der Waals surface area (Å²) in [6.07, 6.45) is 1.76. The molecular weight excluding hydrogens is 172 g/mol. The second-order valence-corrected chi connectivity index (χ2v) is 3.15. The molecule has 0 bridgehead atoms. The molecule has 1 heterocycles. The number of amides is 1. The lowest BCUT2D eigenvalue weighted by Gasteiger charge is -2.29. The number of ether oxygens (including phenoxy) is 1. The molecule has 0 aliphatic carbocycles. The molecule has 74 valence electrons. The van der Waals surface area contributed by atoms with Gasteiger partial charge in [-0.05, 0) is 12.8 Å². The summed E-state index contributed by atoms with van der Waals surface area (Å²) in [5.74, 6) is -1.40. The van der Waals surface area contributed by atoms with Gasteiger partial charge in [0, 0.05) is 19.1 Å². The maximum Gasteiger partial charge on any atom is 0.396 e. The van der Waals surface area contributed by atoms with E-state index in [4.69, 9.17) is 5.73 Å². The van der Waals surface area contributed by atoms with E-state index < -0.39 is 11.9 Å². The maximum absolute atomic E-state index is 11.3. The third-order valence-corrected chi connectivity index (χ3v) is 2.11. The minimum Gasteiger partial charge on any atom is -0.462 e. The van der Waals surface area contributed by atoms with Crippen molar-refractivity contribution in [3.8, 4) is 0 Å². The third-order valence-electron chi connectivity index (χ3n) is 2.11. The van der Waals surface area contributed by atoms with Crippen LogP contribution in [0.3, 0.4) is 0 Å². The minimum absolute atomic E-state index is 0.0117. The van der Waals surface area contributed by atoms with Crippen LogP contribution in [0, 0.1) is 0 Å². The van der Waals surface area contributed by atoms with E-state index in [2.05, 4.69) is 4.74 Å². The second-order valence-electron chi connectivity index (χ2n) is 3.15. The van der Waals surface area contributed by atoms with Gasteiger partial charge in [0.1, 0.15) is 0 Å². The molecule has 2 N–H and O–H groups in total. The molecule has 1 fully saturated rings. The number of methoxy groups -OCH3 is 1. The number of carbonyl (C=O) groups excluding carboxylic acids is 2. The van der Waals surface area contributed by atoms with Crippen LogP contribution in [0.2, 0.25) is 0 Å². The van der Waals surface area contributed by atoms with E-state index in [9.17, 15) is 9.59 Å². The van der Waals surface area contributed by atoms with Crippen LogP contribution in [0.25, 0.3) is 0 Å². The van der Waals surface area contributed by atoms with Gasteiger partial charge >= 0.3 is 11.9 Å². The van der Waals surface area contributed by atoms with Crippen molar-refractivity contribution in [3.05, 3.63) is 0 Å². The highest BCUT2D eigenvalue weighted by Gasteiger charge is 2.26. The van der Waals surface area contributed by atoms with Crippen molar-refractivity contribution in [1.82, 2.24) is 4.90 Å². The quantitative estimate of drug-likeness (QED) is 0.393. The van der Waals surface area contributed by atoms with E-state index >= 15 is 0 Å². The Balaban J connectivity index is 2.51. The van der Waals surface area contributed by atoms with Crippen molar-refractivity contribution in [2.24, 2.45) is 5.73 Å². The summed E-state index contributed by atoms with van der Waals surface area (Å²) in [6, 6.07) is -0.0117. The Morgan fingerprint density at radius 1 is 1.54 bits per heavy atom. The Morgan fingerprint density at radius 2 is 2.23 bits per heavy atom. The molecule has 1 saturated heterocycles. The lowest BCUT2D eigenvalue weighted by atomic mass is 10.1. The molecule has 1 aliphatic heterocycles. The van der Waals surface area contributed by atoms with E-state index in [0.29, 0.717) is 13.1 Å². The molecule has 1 atom stereocenters. The maximum atomic E-state index is 11.3. The largest absolute Gasteiger partial charge is 0.462 e. The molecule has 0 aromatic carbocycles. The SMILES string of the molecule is COC(=O)C(=O)N1CCC[C@@H](N)C1. The monoisotopic (exact) mass is 186 g/mol. The predicted molar refractivity (Wildman–Crippen MR) is 45.8 cm³/mol. The zero-order valence-corrected chi connectivity index (χ0v) is 7.66. The van der Waals surface area contributed by atoms with Crippen LogP contribution in [0.4, 0.5) is 0 Å².